The molecule has 0 saturated carbocycles. The topological polar surface area (TPSA) is 58.1 Å². The van der Waals surface area contributed by atoms with Crippen LogP contribution in [0.2, 0.25) is 0 Å². The summed E-state index contributed by atoms with van der Waals surface area (Å²) in [5.41, 5.74) is 1.40. The van der Waals surface area contributed by atoms with Gasteiger partial charge in [-0.25, -0.2) is 9.97 Å². The molecule has 9 heteroatoms. The molecule has 1 amide bonds. The maximum atomic E-state index is 13.1. The largest absolute Gasteiger partial charge is 0.416 e. The number of hydrogen-bond donors (Lipinski definition) is 1. The number of nitrogens with zero attached hydrogens (tertiary/aromatic N) is 3. The van der Waals surface area contributed by atoms with E-state index in [4.69, 9.17) is 0 Å². The van der Waals surface area contributed by atoms with E-state index in [1.165, 1.54) is 18.3 Å². The van der Waals surface area contributed by atoms with Crippen molar-refractivity contribution in [2.24, 2.45) is 0 Å². The van der Waals surface area contributed by atoms with E-state index in [9.17, 15) is 18.0 Å². The van der Waals surface area contributed by atoms with E-state index in [1.54, 1.807) is 17.0 Å². The predicted octanol–water partition coefficient (Wildman–Crippen LogP) is 5.36. The van der Waals surface area contributed by atoms with Crippen molar-refractivity contribution in [2.75, 3.05) is 18.4 Å². The zero-order chi connectivity index (χ0) is 20.6. The number of aryl methyl sites for hydroxylation is 1. The highest BCUT2D eigenvalue weighted by molar-refractivity contribution is 6.07. The van der Waals surface area contributed by atoms with Crippen LogP contribution in [0.3, 0.4) is 0 Å². The van der Waals surface area contributed by atoms with Crippen LogP contribution in [0.25, 0.3) is 11.0 Å². The van der Waals surface area contributed by atoms with Crippen molar-refractivity contribution in [1.82, 2.24) is 14.9 Å². The summed E-state index contributed by atoms with van der Waals surface area (Å²) in [4.78, 5) is 23.5. The number of alkyl halides is 3. The molecule has 0 bridgehead atoms. The van der Waals surface area contributed by atoms with E-state index < -0.39 is 11.7 Å². The standard InChI is InChI=1S/C21H19F3N4O.ClH/c1-13-7-8-16-18(27-15-6-4-5-14(11-15)21(22,23)24)17(12-25-19(16)26-13)20(29)28-9-2-3-10-28;/h4-8,11-12H,2-3,9-10H2,1H3,(H,25,26,27);1H. The maximum absolute atomic E-state index is 13.1. The van der Waals surface area contributed by atoms with Gasteiger partial charge in [0.25, 0.3) is 5.91 Å². The molecule has 30 heavy (non-hydrogen) atoms. The van der Waals surface area contributed by atoms with E-state index in [0.717, 1.165) is 30.7 Å². The first kappa shape index (κ1) is 21.8. The second kappa shape index (κ2) is 8.47. The van der Waals surface area contributed by atoms with Gasteiger partial charge in [0.05, 0.1) is 16.8 Å². The van der Waals surface area contributed by atoms with Gasteiger partial charge in [0.2, 0.25) is 0 Å². The summed E-state index contributed by atoms with van der Waals surface area (Å²) in [7, 11) is 0. The van der Waals surface area contributed by atoms with Crippen molar-refractivity contribution in [3.63, 3.8) is 0 Å². The van der Waals surface area contributed by atoms with E-state index in [2.05, 4.69) is 15.3 Å². The number of carbonyl (C=O) groups is 1. The molecule has 0 radical (unpaired) electrons. The van der Waals surface area contributed by atoms with Crippen molar-refractivity contribution in [1.29, 1.82) is 0 Å². The molecule has 1 saturated heterocycles. The molecule has 1 aliphatic heterocycles. The third kappa shape index (κ3) is 4.33. The van der Waals surface area contributed by atoms with Crippen LogP contribution >= 0.6 is 12.4 Å². The van der Waals surface area contributed by atoms with Gasteiger partial charge in [0.15, 0.2) is 5.65 Å². The van der Waals surface area contributed by atoms with Gasteiger partial charge in [-0.1, -0.05) is 6.07 Å². The normalized spacial score (nSPS) is 13.9. The van der Waals surface area contributed by atoms with Gasteiger partial charge in [-0.05, 0) is 50.1 Å². The third-order valence-corrected chi connectivity index (χ3v) is 4.95. The minimum Gasteiger partial charge on any atom is -0.354 e. The van der Waals surface area contributed by atoms with Gasteiger partial charge in [0, 0.05) is 36.1 Å². The Bertz CT molecular complexity index is 1080. The first-order valence-corrected chi connectivity index (χ1v) is 9.33. The highest BCUT2D eigenvalue weighted by atomic mass is 35.5. The number of nitrogens with one attached hydrogen (secondary N) is 1. The Hall–Kier alpha value is -2.87. The Morgan fingerprint density at radius 1 is 1.13 bits per heavy atom. The second-order valence-electron chi connectivity index (χ2n) is 7.07. The Labute approximate surface area is 177 Å². The molecule has 1 aromatic carbocycles. The zero-order valence-electron chi connectivity index (χ0n) is 16.2. The fourth-order valence-corrected chi connectivity index (χ4v) is 3.48. The quantitative estimate of drug-likeness (QED) is 0.600. The molecule has 1 N–H and O–H groups in total. The lowest BCUT2D eigenvalue weighted by Gasteiger charge is -2.20. The van der Waals surface area contributed by atoms with Crippen LogP contribution in [-0.4, -0.2) is 33.9 Å². The number of fused-ring (bicyclic) bond motifs is 1. The van der Waals surface area contributed by atoms with Gasteiger partial charge < -0.3 is 10.2 Å². The van der Waals surface area contributed by atoms with Gasteiger partial charge in [-0.2, -0.15) is 13.2 Å². The maximum Gasteiger partial charge on any atom is 0.416 e. The van der Waals surface area contributed by atoms with Gasteiger partial charge in [-0.15, -0.1) is 12.4 Å². The summed E-state index contributed by atoms with van der Waals surface area (Å²) in [6, 6.07) is 8.47. The molecule has 4 rings (SSSR count). The zero-order valence-corrected chi connectivity index (χ0v) is 17.0. The molecular formula is C21H20ClF3N4O. The van der Waals surface area contributed by atoms with Gasteiger partial charge >= 0.3 is 6.18 Å². The summed E-state index contributed by atoms with van der Waals surface area (Å²) in [6.45, 7) is 3.14. The van der Waals surface area contributed by atoms with Crippen LogP contribution in [0.4, 0.5) is 24.5 Å². The molecule has 3 aromatic rings. The lowest BCUT2D eigenvalue weighted by molar-refractivity contribution is -0.137. The van der Waals surface area contributed by atoms with Crippen molar-refractivity contribution in [3.05, 3.63) is 59.4 Å². The number of aromatic nitrogens is 2. The summed E-state index contributed by atoms with van der Waals surface area (Å²) in [5.74, 6) is -0.188. The Morgan fingerprint density at radius 3 is 2.57 bits per heavy atom. The molecule has 3 heterocycles. The Balaban J connectivity index is 0.00000256. The number of likely N-dealkylation sites (tertiary alicyclic amines) is 1. The van der Waals surface area contributed by atoms with Crippen molar-refractivity contribution >= 4 is 40.7 Å². The average molecular weight is 437 g/mol. The number of rotatable bonds is 3. The second-order valence-corrected chi connectivity index (χ2v) is 7.07. The summed E-state index contributed by atoms with van der Waals surface area (Å²) in [5, 5.41) is 3.61. The minimum absolute atomic E-state index is 0. The molecule has 2 aromatic heterocycles. The van der Waals surface area contributed by atoms with Crippen LogP contribution in [-0.2, 0) is 6.18 Å². The molecule has 1 fully saturated rings. The Kier molecular flexibility index (Phi) is 6.17. The van der Waals surface area contributed by atoms with Crippen LogP contribution < -0.4 is 5.32 Å². The SMILES string of the molecule is Cc1ccc2c(Nc3cccc(C(F)(F)F)c3)c(C(=O)N3CCCC3)cnc2n1.Cl. The lowest BCUT2D eigenvalue weighted by atomic mass is 10.1. The van der Waals surface area contributed by atoms with E-state index >= 15 is 0 Å². The molecule has 0 unspecified atom stereocenters. The smallest absolute Gasteiger partial charge is 0.354 e. The monoisotopic (exact) mass is 436 g/mol. The van der Waals surface area contributed by atoms with E-state index in [-0.39, 0.29) is 24.0 Å². The molecule has 0 atom stereocenters. The van der Waals surface area contributed by atoms with Gasteiger partial charge in [0.1, 0.15) is 0 Å². The molecule has 0 aliphatic carbocycles. The van der Waals surface area contributed by atoms with Crippen molar-refractivity contribution < 1.29 is 18.0 Å². The molecule has 0 spiro atoms. The minimum atomic E-state index is -4.45. The van der Waals surface area contributed by atoms with Crippen molar-refractivity contribution in [3.8, 4) is 0 Å². The number of halogens is 4. The first-order chi connectivity index (χ1) is 13.8. The molecule has 158 valence electrons. The average Bonchev–Trinajstić information content (AvgIpc) is 3.22. The van der Waals surface area contributed by atoms with Crippen LogP contribution in [0.15, 0.2) is 42.6 Å². The lowest BCUT2D eigenvalue weighted by Crippen LogP contribution is -2.28. The number of anilines is 2. The predicted molar refractivity (Wildman–Crippen MR) is 111 cm³/mol. The first-order valence-electron chi connectivity index (χ1n) is 9.33. The Morgan fingerprint density at radius 2 is 1.87 bits per heavy atom. The van der Waals surface area contributed by atoms with Gasteiger partial charge in [-0.3, -0.25) is 4.79 Å². The van der Waals surface area contributed by atoms with Crippen molar-refractivity contribution in [2.45, 2.75) is 25.9 Å². The number of carbonyl (C=O) groups excluding carboxylic acids is 1. The fourth-order valence-electron chi connectivity index (χ4n) is 3.48. The number of amides is 1. The number of pyridine rings is 2. The third-order valence-electron chi connectivity index (χ3n) is 4.95. The fraction of sp³-hybridized carbons (Fsp3) is 0.286. The van der Waals surface area contributed by atoms with Crippen LogP contribution in [0.5, 0.6) is 0 Å². The van der Waals surface area contributed by atoms with E-state index in [1.807, 2.05) is 6.92 Å². The van der Waals surface area contributed by atoms with Crippen LogP contribution in [0, 0.1) is 6.92 Å². The summed E-state index contributed by atoms with van der Waals surface area (Å²) in [6.07, 6.45) is -1.13. The number of benzene rings is 1. The highest BCUT2D eigenvalue weighted by Crippen LogP contribution is 2.34. The summed E-state index contributed by atoms with van der Waals surface area (Å²) < 4.78 is 39.3. The summed E-state index contributed by atoms with van der Waals surface area (Å²) >= 11 is 0. The molecular weight excluding hydrogens is 417 g/mol. The van der Waals surface area contributed by atoms with Crippen LogP contribution in [0.1, 0.15) is 34.5 Å². The molecule has 5 nitrogen and oxygen atoms in total. The number of hydrogen-bond acceptors (Lipinski definition) is 4. The molecule has 1 aliphatic rings. The highest BCUT2D eigenvalue weighted by Gasteiger charge is 2.30. The van der Waals surface area contributed by atoms with E-state index in [0.29, 0.717) is 35.4 Å².